The highest BCUT2D eigenvalue weighted by Gasteiger charge is 2.77. The molecule has 3 saturated heterocycles. The summed E-state index contributed by atoms with van der Waals surface area (Å²) in [4.78, 5) is 42.7. The van der Waals surface area contributed by atoms with Gasteiger partial charge in [-0.1, -0.05) is 44.0 Å². The van der Waals surface area contributed by atoms with E-state index in [1.165, 1.54) is 0 Å². The van der Waals surface area contributed by atoms with Gasteiger partial charge >= 0.3 is 0 Å². The fraction of sp³-hybridized carbons (Fsp3) is 0.640. The van der Waals surface area contributed by atoms with Crippen LogP contribution in [-0.2, 0) is 14.4 Å². The number of halogens is 1. The van der Waals surface area contributed by atoms with Crippen LogP contribution in [0.2, 0.25) is 5.02 Å². The molecule has 4 rings (SSSR count). The molecule has 3 aliphatic rings. The van der Waals surface area contributed by atoms with E-state index in [-0.39, 0.29) is 30.2 Å². The first kappa shape index (κ1) is 25.3. The first-order valence-corrected chi connectivity index (χ1v) is 13.2. The number of anilines is 1. The van der Waals surface area contributed by atoms with Gasteiger partial charge in [0.1, 0.15) is 6.04 Å². The number of nitrogens with one attached hydrogen (secondary N) is 2. The summed E-state index contributed by atoms with van der Waals surface area (Å²) >= 11 is 8.02. The lowest BCUT2D eigenvalue weighted by atomic mass is 9.66. The van der Waals surface area contributed by atoms with E-state index >= 15 is 0 Å². The van der Waals surface area contributed by atoms with Crippen LogP contribution in [0.4, 0.5) is 5.69 Å². The van der Waals surface area contributed by atoms with Crippen molar-refractivity contribution in [3.63, 3.8) is 0 Å². The number of thioether (sulfide) groups is 1. The molecule has 0 radical (unpaired) electrons. The van der Waals surface area contributed by atoms with Gasteiger partial charge in [0.15, 0.2) is 0 Å². The molecule has 2 unspecified atom stereocenters. The first-order valence-electron chi connectivity index (χ1n) is 12.0. The third-order valence-electron chi connectivity index (χ3n) is 8.31. The molecule has 2 bridgehead atoms. The van der Waals surface area contributed by atoms with Gasteiger partial charge in [0.25, 0.3) is 0 Å². The third kappa shape index (κ3) is 3.56. The molecule has 9 heteroatoms. The van der Waals surface area contributed by atoms with E-state index < -0.39 is 33.4 Å². The molecule has 1 spiro atoms. The molecule has 3 heterocycles. The number of carbonyl (C=O) groups excluding carboxylic acids is 3. The van der Waals surface area contributed by atoms with Crippen LogP contribution in [0.3, 0.4) is 0 Å². The molecule has 0 aromatic heterocycles. The Labute approximate surface area is 210 Å². The number of benzene rings is 1. The summed E-state index contributed by atoms with van der Waals surface area (Å²) in [5, 5.41) is 16.5. The van der Waals surface area contributed by atoms with Gasteiger partial charge in [-0.15, -0.1) is 11.8 Å². The standard InChI is InChI=1S/C25H34ClN3O4S/c1-6-13(2)16(12-30)29-20(22(32)28-19-14(3)8-7-9-15(19)26)25-11-10-24(4,34-25)17(21(31)27-5)18(25)23(29)33/h7-9,13,16-18,20,30H,6,10-12H2,1-5H3,(H,27,31)(H,28,32)/t13-,16-,17-,18-,20?,24+,25?/m0/s1. The Bertz CT molecular complexity index is 1000. The number of amides is 3. The Kier molecular flexibility index (Phi) is 6.72. The van der Waals surface area contributed by atoms with E-state index in [1.54, 1.807) is 29.8 Å². The van der Waals surface area contributed by atoms with E-state index in [0.717, 1.165) is 18.4 Å². The molecular formula is C25H34ClN3O4S. The number of likely N-dealkylation sites (tertiary alicyclic amines) is 1. The van der Waals surface area contributed by atoms with Crippen LogP contribution >= 0.6 is 23.4 Å². The molecule has 34 heavy (non-hydrogen) atoms. The minimum absolute atomic E-state index is 0.0160. The zero-order chi connectivity index (χ0) is 25.0. The molecule has 0 saturated carbocycles. The van der Waals surface area contributed by atoms with Gasteiger partial charge in [0.05, 0.1) is 39.9 Å². The van der Waals surface area contributed by atoms with Crippen molar-refractivity contribution < 1.29 is 19.5 Å². The van der Waals surface area contributed by atoms with Crippen LogP contribution < -0.4 is 10.6 Å². The van der Waals surface area contributed by atoms with Crippen molar-refractivity contribution in [2.45, 2.75) is 68.5 Å². The topological polar surface area (TPSA) is 98.7 Å². The second kappa shape index (κ2) is 9.03. The first-order chi connectivity index (χ1) is 16.1. The average molecular weight is 508 g/mol. The number of nitrogens with zero attached hydrogens (tertiary/aromatic N) is 1. The predicted molar refractivity (Wildman–Crippen MR) is 135 cm³/mol. The maximum absolute atomic E-state index is 14.1. The summed E-state index contributed by atoms with van der Waals surface area (Å²) < 4.78 is -1.15. The van der Waals surface area contributed by atoms with Gasteiger partial charge in [-0.3, -0.25) is 14.4 Å². The fourth-order valence-electron chi connectivity index (χ4n) is 6.37. The zero-order valence-corrected chi connectivity index (χ0v) is 21.9. The smallest absolute Gasteiger partial charge is 0.248 e. The monoisotopic (exact) mass is 507 g/mol. The number of aliphatic hydroxyl groups excluding tert-OH is 1. The molecule has 7 nitrogen and oxygen atoms in total. The summed E-state index contributed by atoms with van der Waals surface area (Å²) in [6.45, 7) is 7.65. The molecule has 0 aliphatic carbocycles. The van der Waals surface area contributed by atoms with Crippen LogP contribution in [0.1, 0.15) is 45.6 Å². The lowest BCUT2D eigenvalue weighted by Gasteiger charge is -2.39. The van der Waals surface area contributed by atoms with Crippen molar-refractivity contribution in [3.05, 3.63) is 28.8 Å². The Morgan fingerprint density at radius 3 is 2.62 bits per heavy atom. The molecular weight excluding hydrogens is 474 g/mol. The van der Waals surface area contributed by atoms with Gasteiger partial charge in [0, 0.05) is 11.8 Å². The van der Waals surface area contributed by atoms with Crippen LogP contribution in [0.25, 0.3) is 0 Å². The van der Waals surface area contributed by atoms with Crippen molar-refractivity contribution in [2.75, 3.05) is 19.0 Å². The largest absolute Gasteiger partial charge is 0.394 e. The third-order valence-corrected chi connectivity index (χ3v) is 10.6. The van der Waals surface area contributed by atoms with E-state index in [9.17, 15) is 19.5 Å². The highest BCUT2D eigenvalue weighted by molar-refractivity contribution is 8.02. The number of fused-ring (bicyclic) bond motifs is 1. The van der Waals surface area contributed by atoms with Gasteiger partial charge in [-0.25, -0.2) is 0 Å². The van der Waals surface area contributed by atoms with Gasteiger partial charge in [0.2, 0.25) is 17.7 Å². The van der Waals surface area contributed by atoms with Crippen LogP contribution in [0.5, 0.6) is 0 Å². The SMILES string of the molecule is CC[C@H](C)[C@H](CO)N1C(=O)[C@@H]2[C@@H](C(=O)NC)[C@@]3(C)CCC2(S3)C1C(=O)Nc1c(C)cccc1Cl. The second-order valence-electron chi connectivity index (χ2n) is 10.1. The maximum atomic E-state index is 14.1. The number of para-hydroxylation sites is 1. The lowest BCUT2D eigenvalue weighted by Crippen LogP contribution is -2.56. The summed E-state index contributed by atoms with van der Waals surface area (Å²) in [6, 6.07) is 4.08. The predicted octanol–water partition coefficient (Wildman–Crippen LogP) is 3.22. The van der Waals surface area contributed by atoms with E-state index in [4.69, 9.17) is 11.6 Å². The molecule has 1 aromatic rings. The minimum atomic E-state index is -0.812. The molecule has 7 atom stereocenters. The molecule has 3 N–H and O–H groups in total. The van der Waals surface area contributed by atoms with Gasteiger partial charge < -0.3 is 20.6 Å². The van der Waals surface area contributed by atoms with Crippen molar-refractivity contribution in [1.82, 2.24) is 10.2 Å². The van der Waals surface area contributed by atoms with Crippen molar-refractivity contribution in [3.8, 4) is 0 Å². The number of carbonyl (C=O) groups is 3. The lowest BCUT2D eigenvalue weighted by molar-refractivity contribution is -0.143. The Balaban J connectivity index is 1.83. The number of hydrogen-bond acceptors (Lipinski definition) is 5. The summed E-state index contributed by atoms with van der Waals surface area (Å²) in [6.07, 6.45) is 2.15. The highest BCUT2D eigenvalue weighted by atomic mass is 35.5. The minimum Gasteiger partial charge on any atom is -0.394 e. The summed E-state index contributed by atoms with van der Waals surface area (Å²) in [5.41, 5.74) is 1.35. The quantitative estimate of drug-likeness (QED) is 0.526. The van der Waals surface area contributed by atoms with E-state index in [1.807, 2.05) is 39.8 Å². The maximum Gasteiger partial charge on any atom is 0.248 e. The van der Waals surface area contributed by atoms with E-state index in [2.05, 4.69) is 10.6 Å². The molecule has 1 aromatic carbocycles. The Morgan fingerprint density at radius 2 is 2.03 bits per heavy atom. The van der Waals surface area contributed by atoms with Gasteiger partial charge in [-0.2, -0.15) is 0 Å². The van der Waals surface area contributed by atoms with Crippen LogP contribution in [-0.4, -0.2) is 63.0 Å². The molecule has 3 fully saturated rings. The molecule has 3 amide bonds. The average Bonchev–Trinajstić information content (AvgIpc) is 3.37. The normalized spacial score (nSPS) is 33.6. The number of aryl methyl sites for hydroxylation is 1. The number of hydrogen-bond donors (Lipinski definition) is 3. The fourth-order valence-corrected chi connectivity index (χ4v) is 8.98. The second-order valence-corrected chi connectivity index (χ2v) is 12.4. The van der Waals surface area contributed by atoms with E-state index in [0.29, 0.717) is 17.1 Å². The van der Waals surface area contributed by atoms with Crippen molar-refractivity contribution in [2.24, 2.45) is 17.8 Å². The van der Waals surface area contributed by atoms with Crippen LogP contribution in [0, 0.1) is 24.7 Å². The Hall–Kier alpha value is -1.77. The number of aliphatic hydroxyl groups is 1. The summed E-state index contributed by atoms with van der Waals surface area (Å²) in [7, 11) is 1.59. The van der Waals surface area contributed by atoms with Crippen molar-refractivity contribution >= 4 is 46.8 Å². The summed E-state index contributed by atoms with van der Waals surface area (Å²) in [5.74, 6) is -1.84. The highest BCUT2D eigenvalue weighted by Crippen LogP contribution is 2.71. The number of rotatable bonds is 7. The van der Waals surface area contributed by atoms with Crippen molar-refractivity contribution in [1.29, 1.82) is 0 Å². The zero-order valence-electron chi connectivity index (χ0n) is 20.4. The Morgan fingerprint density at radius 1 is 1.32 bits per heavy atom. The molecule has 3 aliphatic heterocycles. The van der Waals surface area contributed by atoms with Crippen LogP contribution in [0.15, 0.2) is 18.2 Å². The molecule has 186 valence electrons. The van der Waals surface area contributed by atoms with Gasteiger partial charge in [-0.05, 0) is 44.2 Å².